The largest absolute Gasteiger partial charge is 0.465 e. The van der Waals surface area contributed by atoms with Gasteiger partial charge in [0.2, 0.25) is 0 Å². The molecule has 0 bridgehead atoms. The van der Waals surface area contributed by atoms with E-state index in [4.69, 9.17) is 5.11 Å². The molecule has 3 nitrogen and oxygen atoms in total. The van der Waals surface area contributed by atoms with E-state index in [0.29, 0.717) is 11.3 Å². The Bertz CT molecular complexity index is 722. The Morgan fingerprint density at radius 3 is 2.75 bits per heavy atom. The van der Waals surface area contributed by atoms with Crippen molar-refractivity contribution in [1.82, 2.24) is 0 Å². The fraction of sp³-hybridized carbons (Fsp3) is 0.0625. The third-order valence-electron chi connectivity index (χ3n) is 3.35. The molecule has 2 aromatic carbocycles. The van der Waals surface area contributed by atoms with Gasteiger partial charge in [-0.2, -0.15) is 0 Å². The van der Waals surface area contributed by atoms with Crippen LogP contribution in [-0.2, 0) is 6.42 Å². The molecule has 2 N–H and O–H groups in total. The van der Waals surface area contributed by atoms with Crippen LogP contribution in [0.3, 0.4) is 0 Å². The number of carboxylic acid groups (broad SMARTS) is 1. The van der Waals surface area contributed by atoms with Crippen LogP contribution in [0, 0.1) is 5.82 Å². The molecule has 0 spiro atoms. The highest BCUT2D eigenvalue weighted by atomic mass is 19.1. The van der Waals surface area contributed by atoms with Gasteiger partial charge < -0.3 is 5.11 Å². The Morgan fingerprint density at radius 1 is 1.15 bits per heavy atom. The average molecular weight is 269 g/mol. The van der Waals surface area contributed by atoms with Gasteiger partial charge >= 0.3 is 6.09 Å². The normalized spacial score (nSPS) is 12.8. The van der Waals surface area contributed by atoms with Crippen molar-refractivity contribution in [2.75, 3.05) is 5.32 Å². The molecule has 2 aromatic rings. The molecule has 0 saturated carbocycles. The molecule has 1 amide bonds. The third kappa shape index (κ3) is 2.16. The van der Waals surface area contributed by atoms with Crippen LogP contribution in [0.15, 0.2) is 48.5 Å². The standard InChI is InChI=1S/C16H12FNO2/c17-11-6-8-15(18-16(19)20)14(9-11)13-7-5-10-3-1-2-4-12(10)13/h1-4,6-9,18H,5H2,(H,19,20). The minimum atomic E-state index is -1.16. The van der Waals surface area contributed by atoms with Crippen LogP contribution >= 0.6 is 0 Å². The fourth-order valence-electron chi connectivity index (χ4n) is 2.50. The fourth-order valence-corrected chi connectivity index (χ4v) is 2.50. The summed E-state index contributed by atoms with van der Waals surface area (Å²) in [4.78, 5) is 10.8. The number of hydrogen-bond donors (Lipinski definition) is 2. The molecule has 0 heterocycles. The van der Waals surface area contributed by atoms with Crippen molar-refractivity contribution in [2.45, 2.75) is 6.42 Å². The van der Waals surface area contributed by atoms with Gasteiger partial charge in [-0.1, -0.05) is 30.3 Å². The van der Waals surface area contributed by atoms with Gasteiger partial charge in [0, 0.05) is 5.56 Å². The summed E-state index contributed by atoms with van der Waals surface area (Å²) in [5.74, 6) is -0.388. The van der Waals surface area contributed by atoms with E-state index in [1.54, 1.807) is 0 Å². The lowest BCUT2D eigenvalue weighted by molar-refractivity contribution is 0.209. The van der Waals surface area contributed by atoms with Gasteiger partial charge in [0.25, 0.3) is 0 Å². The quantitative estimate of drug-likeness (QED) is 0.868. The maximum atomic E-state index is 13.5. The molecule has 100 valence electrons. The number of nitrogens with one attached hydrogen (secondary N) is 1. The number of anilines is 1. The van der Waals surface area contributed by atoms with E-state index in [0.717, 1.165) is 23.1 Å². The summed E-state index contributed by atoms with van der Waals surface area (Å²) < 4.78 is 13.5. The molecule has 0 unspecified atom stereocenters. The van der Waals surface area contributed by atoms with Gasteiger partial charge in [0.15, 0.2) is 0 Å². The summed E-state index contributed by atoms with van der Waals surface area (Å²) in [6, 6.07) is 11.9. The van der Waals surface area contributed by atoms with Crippen LogP contribution < -0.4 is 5.32 Å². The van der Waals surface area contributed by atoms with Crippen molar-refractivity contribution in [1.29, 1.82) is 0 Å². The second-order valence-electron chi connectivity index (χ2n) is 4.60. The van der Waals surface area contributed by atoms with Crippen LogP contribution in [0.5, 0.6) is 0 Å². The van der Waals surface area contributed by atoms with E-state index in [9.17, 15) is 9.18 Å². The first kappa shape index (κ1) is 12.4. The van der Waals surface area contributed by atoms with E-state index in [1.807, 2.05) is 30.3 Å². The lowest BCUT2D eigenvalue weighted by Crippen LogP contribution is -2.09. The van der Waals surface area contributed by atoms with Gasteiger partial charge in [-0.15, -0.1) is 0 Å². The Balaban J connectivity index is 2.11. The molecular formula is C16H12FNO2. The van der Waals surface area contributed by atoms with Gasteiger partial charge in [0.05, 0.1) is 5.69 Å². The first-order valence-electron chi connectivity index (χ1n) is 6.23. The molecule has 20 heavy (non-hydrogen) atoms. The first-order chi connectivity index (χ1) is 9.65. The molecule has 1 aliphatic carbocycles. The van der Waals surface area contributed by atoms with Crippen molar-refractivity contribution in [3.05, 3.63) is 71.0 Å². The minimum Gasteiger partial charge on any atom is -0.465 e. The highest BCUT2D eigenvalue weighted by Crippen LogP contribution is 2.36. The summed E-state index contributed by atoms with van der Waals surface area (Å²) in [5, 5.41) is 11.2. The second kappa shape index (κ2) is 4.81. The average Bonchev–Trinajstić information content (AvgIpc) is 2.84. The van der Waals surface area contributed by atoms with Crippen molar-refractivity contribution >= 4 is 17.4 Å². The Hall–Kier alpha value is -2.62. The van der Waals surface area contributed by atoms with Crippen molar-refractivity contribution in [3.63, 3.8) is 0 Å². The van der Waals surface area contributed by atoms with Crippen LogP contribution in [0.1, 0.15) is 16.7 Å². The molecule has 0 saturated heterocycles. The number of carbonyl (C=O) groups is 1. The molecule has 3 rings (SSSR count). The van der Waals surface area contributed by atoms with Crippen molar-refractivity contribution in [2.24, 2.45) is 0 Å². The van der Waals surface area contributed by atoms with E-state index in [2.05, 4.69) is 5.32 Å². The zero-order valence-corrected chi connectivity index (χ0v) is 10.6. The smallest absolute Gasteiger partial charge is 0.409 e. The van der Waals surface area contributed by atoms with Crippen molar-refractivity contribution in [3.8, 4) is 0 Å². The molecule has 4 heteroatoms. The zero-order chi connectivity index (χ0) is 14.1. The highest BCUT2D eigenvalue weighted by molar-refractivity contribution is 5.94. The SMILES string of the molecule is O=C(O)Nc1ccc(F)cc1C1=CCc2ccccc21. The minimum absolute atomic E-state index is 0.388. The van der Waals surface area contributed by atoms with Gasteiger partial charge in [0.1, 0.15) is 5.82 Å². The Labute approximate surface area is 115 Å². The lowest BCUT2D eigenvalue weighted by Gasteiger charge is -2.12. The number of halogens is 1. The number of benzene rings is 2. The molecule has 1 aliphatic rings. The van der Waals surface area contributed by atoms with Gasteiger partial charge in [-0.05, 0) is 41.3 Å². The molecule has 0 atom stereocenters. The summed E-state index contributed by atoms with van der Waals surface area (Å²) in [7, 11) is 0. The van der Waals surface area contributed by atoms with Crippen molar-refractivity contribution < 1.29 is 14.3 Å². The van der Waals surface area contributed by atoms with Crippen LogP contribution in [-0.4, -0.2) is 11.2 Å². The van der Waals surface area contributed by atoms with Gasteiger partial charge in [-0.25, -0.2) is 9.18 Å². The van der Waals surface area contributed by atoms with Crippen LogP contribution in [0.2, 0.25) is 0 Å². The third-order valence-corrected chi connectivity index (χ3v) is 3.35. The molecule has 0 aliphatic heterocycles. The zero-order valence-electron chi connectivity index (χ0n) is 10.6. The lowest BCUT2D eigenvalue weighted by atomic mass is 9.97. The van der Waals surface area contributed by atoms with Crippen LogP contribution in [0.25, 0.3) is 5.57 Å². The summed E-state index contributed by atoms with van der Waals surface area (Å²) in [6.45, 7) is 0. The number of allylic oxidation sites excluding steroid dienone is 1. The monoisotopic (exact) mass is 269 g/mol. The Morgan fingerprint density at radius 2 is 1.95 bits per heavy atom. The predicted octanol–water partition coefficient (Wildman–Crippen LogP) is 3.90. The second-order valence-corrected chi connectivity index (χ2v) is 4.60. The summed E-state index contributed by atoms with van der Waals surface area (Å²) in [5.41, 5.74) is 4.00. The maximum absolute atomic E-state index is 13.5. The molecular weight excluding hydrogens is 257 g/mol. The van der Waals surface area contributed by atoms with Crippen LogP contribution in [0.4, 0.5) is 14.9 Å². The predicted molar refractivity (Wildman–Crippen MR) is 75.3 cm³/mol. The summed E-state index contributed by atoms with van der Waals surface area (Å²) in [6.07, 6.45) is 1.60. The molecule has 0 fully saturated rings. The number of amides is 1. The van der Waals surface area contributed by atoms with E-state index < -0.39 is 6.09 Å². The van der Waals surface area contributed by atoms with Gasteiger partial charge in [-0.3, -0.25) is 5.32 Å². The topological polar surface area (TPSA) is 49.3 Å². The summed E-state index contributed by atoms with van der Waals surface area (Å²) >= 11 is 0. The molecule has 0 radical (unpaired) electrons. The number of fused-ring (bicyclic) bond motifs is 1. The molecule has 0 aromatic heterocycles. The number of rotatable bonds is 2. The Kier molecular flexibility index (Phi) is 2.99. The van der Waals surface area contributed by atoms with E-state index >= 15 is 0 Å². The first-order valence-corrected chi connectivity index (χ1v) is 6.23. The van der Waals surface area contributed by atoms with E-state index in [1.165, 1.54) is 18.2 Å². The highest BCUT2D eigenvalue weighted by Gasteiger charge is 2.18. The van der Waals surface area contributed by atoms with E-state index in [-0.39, 0.29) is 5.82 Å². The number of hydrogen-bond acceptors (Lipinski definition) is 1. The maximum Gasteiger partial charge on any atom is 0.409 e.